The maximum Gasteiger partial charge on any atom is 0.161 e. The Morgan fingerprint density at radius 3 is 2.52 bits per heavy atom. The van der Waals surface area contributed by atoms with Gasteiger partial charge in [-0.1, -0.05) is 59.6 Å². The third-order valence-electron chi connectivity index (χ3n) is 5.67. The average Bonchev–Trinajstić information content (AvgIpc) is 3.17. The van der Waals surface area contributed by atoms with Crippen molar-refractivity contribution in [2.45, 2.75) is 18.9 Å². The molecule has 2 aliphatic heterocycles. The molecule has 2 aliphatic rings. The van der Waals surface area contributed by atoms with Gasteiger partial charge in [-0.25, -0.2) is 0 Å². The van der Waals surface area contributed by atoms with Gasteiger partial charge in [0.15, 0.2) is 5.78 Å². The largest absolute Gasteiger partial charge is 0.354 e. The van der Waals surface area contributed by atoms with E-state index in [1.807, 2.05) is 24.3 Å². The number of benzene rings is 2. The van der Waals surface area contributed by atoms with Crippen molar-refractivity contribution < 1.29 is 4.79 Å². The van der Waals surface area contributed by atoms with Gasteiger partial charge in [-0.2, -0.15) is 0 Å². The van der Waals surface area contributed by atoms with E-state index in [0.29, 0.717) is 16.6 Å². The number of hydrogen-bond donors (Lipinski definition) is 0. The van der Waals surface area contributed by atoms with Gasteiger partial charge < -0.3 is 4.90 Å². The zero-order valence-corrected chi connectivity index (χ0v) is 16.8. The number of rotatable bonds is 4. The molecule has 0 aromatic heterocycles. The monoisotopic (exact) mass is 400 g/mol. The van der Waals surface area contributed by atoms with Crippen molar-refractivity contribution in [2.75, 3.05) is 31.1 Å². The fourth-order valence-corrected chi connectivity index (χ4v) is 4.64. The summed E-state index contributed by atoms with van der Waals surface area (Å²) in [5.74, 6) is 0.146. The molecule has 0 saturated heterocycles. The maximum absolute atomic E-state index is 13.3. The molecule has 0 fully saturated rings. The molecular formula is C22H22Cl2N2O. The zero-order valence-electron chi connectivity index (χ0n) is 15.3. The van der Waals surface area contributed by atoms with Crippen molar-refractivity contribution in [3.05, 3.63) is 75.8 Å². The predicted molar refractivity (Wildman–Crippen MR) is 112 cm³/mol. The number of nitrogens with zero attached hydrogens (tertiary/aromatic N) is 2. The number of ketones is 1. The molecule has 5 heteroatoms. The molecule has 0 amide bonds. The number of Topliss-reactive ketones (excluding diaryl/α,β-unsaturated/α-hetero) is 1. The second-order valence-corrected chi connectivity index (χ2v) is 8.05. The molecule has 27 heavy (non-hydrogen) atoms. The lowest BCUT2D eigenvalue weighted by molar-refractivity contribution is -0.123. The minimum absolute atomic E-state index is 0.146. The van der Waals surface area contributed by atoms with Crippen LogP contribution in [-0.4, -0.2) is 36.9 Å². The third kappa shape index (κ3) is 3.18. The molecule has 2 aromatic carbocycles. The second kappa shape index (κ2) is 7.31. The van der Waals surface area contributed by atoms with Gasteiger partial charge in [0.05, 0.1) is 10.0 Å². The van der Waals surface area contributed by atoms with Crippen LogP contribution in [0.4, 0.5) is 5.69 Å². The summed E-state index contributed by atoms with van der Waals surface area (Å²) in [5.41, 5.74) is 2.54. The van der Waals surface area contributed by atoms with Crippen LogP contribution in [0.3, 0.4) is 0 Å². The summed E-state index contributed by atoms with van der Waals surface area (Å²) in [6.07, 6.45) is 5.21. The molecular weight excluding hydrogens is 379 g/mol. The van der Waals surface area contributed by atoms with Crippen molar-refractivity contribution in [2.24, 2.45) is 0 Å². The van der Waals surface area contributed by atoms with Gasteiger partial charge in [-0.3, -0.25) is 9.69 Å². The first-order valence-electron chi connectivity index (χ1n) is 9.22. The van der Waals surface area contributed by atoms with E-state index in [2.05, 4.69) is 40.2 Å². The smallest absolute Gasteiger partial charge is 0.161 e. The lowest BCUT2D eigenvalue weighted by atomic mass is 9.77. The molecule has 2 heterocycles. The van der Waals surface area contributed by atoms with Crippen LogP contribution in [0.1, 0.15) is 18.1 Å². The molecule has 0 saturated carbocycles. The normalized spacial score (nSPS) is 22.1. The van der Waals surface area contributed by atoms with E-state index in [-0.39, 0.29) is 5.78 Å². The van der Waals surface area contributed by atoms with Crippen LogP contribution in [0, 0.1) is 0 Å². The standard InChI is InChI=1S/C22H22Cl2N2O/c1-16(27)22(15-25-11-4-5-12-25)19-7-3-2-6-17(19)10-13-26(22)18-8-9-20(23)21(24)14-18/h2-9,14H,10-13,15H2,1H3. The molecule has 4 rings (SSSR count). The minimum Gasteiger partial charge on any atom is -0.354 e. The molecule has 0 N–H and O–H groups in total. The molecule has 3 nitrogen and oxygen atoms in total. The Morgan fingerprint density at radius 2 is 1.81 bits per heavy atom. The van der Waals surface area contributed by atoms with E-state index in [4.69, 9.17) is 23.2 Å². The Balaban J connectivity index is 1.88. The molecule has 1 unspecified atom stereocenters. The van der Waals surface area contributed by atoms with Gasteiger partial charge in [0, 0.05) is 31.9 Å². The quantitative estimate of drug-likeness (QED) is 0.694. The zero-order chi connectivity index (χ0) is 19.0. The van der Waals surface area contributed by atoms with Gasteiger partial charge in [-0.05, 0) is 42.7 Å². The summed E-state index contributed by atoms with van der Waals surface area (Å²) in [4.78, 5) is 17.8. The summed E-state index contributed by atoms with van der Waals surface area (Å²) in [6.45, 7) is 4.84. The predicted octanol–water partition coefficient (Wildman–Crippen LogP) is 4.71. The van der Waals surface area contributed by atoms with Crippen molar-refractivity contribution >= 4 is 34.7 Å². The van der Waals surface area contributed by atoms with Crippen LogP contribution < -0.4 is 4.90 Å². The lowest BCUT2D eigenvalue weighted by Crippen LogP contribution is -2.60. The van der Waals surface area contributed by atoms with Crippen LogP contribution in [0.2, 0.25) is 10.0 Å². The fourth-order valence-electron chi connectivity index (χ4n) is 4.35. The van der Waals surface area contributed by atoms with E-state index in [1.165, 1.54) is 5.56 Å². The highest BCUT2D eigenvalue weighted by Gasteiger charge is 2.48. The molecule has 0 radical (unpaired) electrons. The van der Waals surface area contributed by atoms with E-state index in [0.717, 1.165) is 37.3 Å². The third-order valence-corrected chi connectivity index (χ3v) is 6.41. The topological polar surface area (TPSA) is 23.6 Å². The highest BCUT2D eigenvalue weighted by Crippen LogP contribution is 2.42. The van der Waals surface area contributed by atoms with Crippen LogP contribution in [-0.2, 0) is 16.8 Å². The van der Waals surface area contributed by atoms with E-state index < -0.39 is 5.54 Å². The SMILES string of the molecule is CC(=O)C1(CN2CC=CC2)c2ccccc2CCN1c1ccc(Cl)c(Cl)c1. The Hall–Kier alpha value is -1.81. The van der Waals surface area contributed by atoms with E-state index >= 15 is 0 Å². The van der Waals surface area contributed by atoms with E-state index in [9.17, 15) is 4.79 Å². The summed E-state index contributed by atoms with van der Waals surface area (Å²) in [5, 5.41) is 1.03. The van der Waals surface area contributed by atoms with Crippen molar-refractivity contribution in [3.63, 3.8) is 0 Å². The number of fused-ring (bicyclic) bond motifs is 1. The highest BCUT2D eigenvalue weighted by molar-refractivity contribution is 6.42. The minimum atomic E-state index is -0.738. The van der Waals surface area contributed by atoms with Crippen LogP contribution >= 0.6 is 23.2 Å². The molecule has 140 valence electrons. The van der Waals surface area contributed by atoms with Crippen LogP contribution in [0.25, 0.3) is 0 Å². The molecule has 2 aromatic rings. The Kier molecular flexibility index (Phi) is 5.02. The van der Waals surface area contributed by atoms with Crippen molar-refractivity contribution in [1.82, 2.24) is 4.90 Å². The van der Waals surface area contributed by atoms with Gasteiger partial charge in [-0.15, -0.1) is 0 Å². The van der Waals surface area contributed by atoms with Crippen LogP contribution in [0.5, 0.6) is 0 Å². The summed E-state index contributed by atoms with van der Waals surface area (Å²) < 4.78 is 0. The van der Waals surface area contributed by atoms with Gasteiger partial charge in [0.2, 0.25) is 0 Å². The summed E-state index contributed by atoms with van der Waals surface area (Å²) in [7, 11) is 0. The first kappa shape index (κ1) is 18.5. The molecule has 1 atom stereocenters. The fraction of sp³-hybridized carbons (Fsp3) is 0.318. The first-order chi connectivity index (χ1) is 13.0. The van der Waals surface area contributed by atoms with Gasteiger partial charge in [0.25, 0.3) is 0 Å². The number of hydrogen-bond acceptors (Lipinski definition) is 3. The summed E-state index contributed by atoms with van der Waals surface area (Å²) >= 11 is 12.5. The number of carbonyl (C=O) groups excluding carboxylic acids is 1. The number of anilines is 1. The number of carbonyl (C=O) groups is 1. The summed E-state index contributed by atoms with van der Waals surface area (Å²) in [6, 6.07) is 14.0. The van der Waals surface area contributed by atoms with Gasteiger partial charge >= 0.3 is 0 Å². The first-order valence-corrected chi connectivity index (χ1v) is 9.97. The van der Waals surface area contributed by atoms with Crippen LogP contribution in [0.15, 0.2) is 54.6 Å². The number of halogens is 2. The highest BCUT2D eigenvalue weighted by atomic mass is 35.5. The maximum atomic E-state index is 13.3. The molecule has 0 bridgehead atoms. The Morgan fingerprint density at radius 1 is 1.07 bits per heavy atom. The average molecular weight is 401 g/mol. The Bertz CT molecular complexity index is 903. The lowest BCUT2D eigenvalue weighted by Gasteiger charge is -2.49. The van der Waals surface area contributed by atoms with E-state index in [1.54, 1.807) is 6.92 Å². The molecule has 0 aliphatic carbocycles. The Labute approximate surface area is 170 Å². The second-order valence-electron chi connectivity index (χ2n) is 7.24. The van der Waals surface area contributed by atoms with Gasteiger partial charge in [0.1, 0.15) is 5.54 Å². The van der Waals surface area contributed by atoms with Crippen molar-refractivity contribution in [1.29, 1.82) is 0 Å². The molecule has 0 spiro atoms. The van der Waals surface area contributed by atoms with Crippen molar-refractivity contribution in [3.8, 4) is 0 Å².